The van der Waals surface area contributed by atoms with Crippen molar-refractivity contribution in [3.05, 3.63) is 48.6 Å². The normalized spacial score (nSPS) is 14.4. The molecule has 0 aliphatic heterocycles. The average molecular weight is 618 g/mol. The Hall–Kier alpha value is -1.69. The molecule has 256 valence electrons. The summed E-state index contributed by atoms with van der Waals surface area (Å²) in [4.78, 5) is 12.3. The molecule has 5 nitrogen and oxygen atoms in total. The summed E-state index contributed by atoms with van der Waals surface area (Å²) in [6.45, 7) is 4.10. The van der Waals surface area contributed by atoms with Gasteiger partial charge in [0.1, 0.15) is 6.10 Å². The SMILES string of the molecule is CCCCCCCC/C=C\C/C=C\CC(O)C(=O)NC(CO)C(O)/C=C/CC/C=C/CCCCCCCCCCCCCC. The number of carbonyl (C=O) groups excluding carboxylic acids is 1. The van der Waals surface area contributed by atoms with Crippen molar-refractivity contribution < 1.29 is 20.1 Å². The molecule has 44 heavy (non-hydrogen) atoms. The Morgan fingerprint density at radius 2 is 1.00 bits per heavy atom. The molecule has 0 fully saturated rings. The van der Waals surface area contributed by atoms with Gasteiger partial charge in [0.05, 0.1) is 18.8 Å². The van der Waals surface area contributed by atoms with Crippen LogP contribution in [-0.2, 0) is 4.79 Å². The van der Waals surface area contributed by atoms with Crippen LogP contribution < -0.4 is 5.32 Å². The Morgan fingerprint density at radius 3 is 1.52 bits per heavy atom. The second-order valence-electron chi connectivity index (χ2n) is 12.4. The van der Waals surface area contributed by atoms with Gasteiger partial charge in [0.15, 0.2) is 0 Å². The van der Waals surface area contributed by atoms with Gasteiger partial charge in [-0.05, 0) is 44.9 Å². The van der Waals surface area contributed by atoms with E-state index in [1.807, 2.05) is 12.2 Å². The molecule has 0 aromatic rings. The van der Waals surface area contributed by atoms with Crippen molar-refractivity contribution in [2.45, 2.75) is 186 Å². The molecule has 0 aromatic heterocycles. The average Bonchev–Trinajstić information content (AvgIpc) is 3.03. The van der Waals surface area contributed by atoms with Gasteiger partial charge in [-0.25, -0.2) is 0 Å². The molecule has 0 aliphatic carbocycles. The summed E-state index contributed by atoms with van der Waals surface area (Å²) >= 11 is 0. The van der Waals surface area contributed by atoms with Gasteiger partial charge in [-0.3, -0.25) is 4.79 Å². The third-order valence-electron chi connectivity index (χ3n) is 8.15. The van der Waals surface area contributed by atoms with E-state index in [0.717, 1.165) is 32.1 Å². The Kier molecular flexibility index (Phi) is 32.9. The molecule has 0 rings (SSSR count). The molecule has 0 bridgehead atoms. The van der Waals surface area contributed by atoms with E-state index < -0.39 is 30.8 Å². The van der Waals surface area contributed by atoms with Crippen LogP contribution in [0.25, 0.3) is 0 Å². The Morgan fingerprint density at radius 1 is 0.568 bits per heavy atom. The van der Waals surface area contributed by atoms with E-state index in [1.54, 1.807) is 12.2 Å². The fraction of sp³-hybridized carbons (Fsp3) is 0.769. The highest BCUT2D eigenvalue weighted by Crippen LogP contribution is 2.13. The van der Waals surface area contributed by atoms with Crippen LogP contribution >= 0.6 is 0 Å². The fourth-order valence-electron chi connectivity index (χ4n) is 5.18. The number of carbonyl (C=O) groups is 1. The van der Waals surface area contributed by atoms with E-state index in [0.29, 0.717) is 0 Å². The topological polar surface area (TPSA) is 89.8 Å². The summed E-state index contributed by atoms with van der Waals surface area (Å²) in [5.41, 5.74) is 0. The summed E-state index contributed by atoms with van der Waals surface area (Å²) in [6, 6.07) is -0.844. The van der Waals surface area contributed by atoms with Crippen molar-refractivity contribution >= 4 is 5.91 Å². The van der Waals surface area contributed by atoms with Gasteiger partial charge in [0, 0.05) is 6.42 Å². The smallest absolute Gasteiger partial charge is 0.249 e. The molecular weight excluding hydrogens is 546 g/mol. The van der Waals surface area contributed by atoms with Crippen molar-refractivity contribution in [3.8, 4) is 0 Å². The largest absolute Gasteiger partial charge is 0.394 e. The standard InChI is InChI=1S/C39H71NO4/c1-3-5-7-9-11-13-15-17-18-19-20-21-22-24-25-27-29-31-33-37(42)36(35-41)40-39(44)38(43)34-32-30-28-26-23-16-14-12-10-8-6-4-2/h23-26,30-33,36-38,41-43H,3-22,27-29,34-35H2,1-2H3,(H,40,44)/b25-24+,26-23-,32-30-,33-31+. The number of hydrogen-bond acceptors (Lipinski definition) is 4. The number of amides is 1. The number of hydrogen-bond donors (Lipinski definition) is 4. The second-order valence-corrected chi connectivity index (χ2v) is 12.4. The minimum absolute atomic E-state index is 0.201. The van der Waals surface area contributed by atoms with Gasteiger partial charge in [0.25, 0.3) is 0 Å². The molecule has 1 amide bonds. The van der Waals surface area contributed by atoms with Crippen LogP contribution in [0.1, 0.15) is 168 Å². The molecule has 3 atom stereocenters. The lowest BCUT2D eigenvalue weighted by molar-refractivity contribution is -0.131. The van der Waals surface area contributed by atoms with Crippen molar-refractivity contribution in [2.24, 2.45) is 0 Å². The summed E-state index contributed by atoms with van der Waals surface area (Å²) in [5.74, 6) is -0.583. The van der Waals surface area contributed by atoms with Crippen molar-refractivity contribution in [1.82, 2.24) is 5.32 Å². The minimum Gasteiger partial charge on any atom is -0.394 e. The fourth-order valence-corrected chi connectivity index (χ4v) is 5.18. The van der Waals surface area contributed by atoms with E-state index >= 15 is 0 Å². The van der Waals surface area contributed by atoms with Crippen LogP contribution in [0.4, 0.5) is 0 Å². The minimum atomic E-state index is -1.21. The molecule has 4 N–H and O–H groups in total. The summed E-state index contributed by atoms with van der Waals surface area (Å²) in [7, 11) is 0. The third-order valence-corrected chi connectivity index (χ3v) is 8.15. The Balaban J connectivity index is 3.88. The molecular formula is C39H71NO4. The Labute approximate surface area is 272 Å². The van der Waals surface area contributed by atoms with Gasteiger partial charge in [-0.2, -0.15) is 0 Å². The predicted molar refractivity (Wildman–Crippen MR) is 190 cm³/mol. The van der Waals surface area contributed by atoms with Crippen molar-refractivity contribution in [1.29, 1.82) is 0 Å². The number of unbranched alkanes of at least 4 members (excludes halogenated alkanes) is 19. The van der Waals surface area contributed by atoms with Crippen LogP contribution in [0, 0.1) is 0 Å². The first-order valence-electron chi connectivity index (χ1n) is 18.5. The molecule has 0 radical (unpaired) electrons. The first-order chi connectivity index (χ1) is 21.6. The van der Waals surface area contributed by atoms with Crippen molar-refractivity contribution in [2.75, 3.05) is 6.61 Å². The maximum atomic E-state index is 12.3. The second kappa shape index (κ2) is 34.2. The lowest BCUT2D eigenvalue weighted by atomic mass is 10.0. The molecule has 3 unspecified atom stereocenters. The van der Waals surface area contributed by atoms with Gasteiger partial charge in [-0.1, -0.05) is 165 Å². The number of aliphatic hydroxyl groups excluding tert-OH is 3. The lowest BCUT2D eigenvalue weighted by Crippen LogP contribution is -2.48. The molecule has 0 aromatic carbocycles. The van der Waals surface area contributed by atoms with Crippen LogP contribution in [-0.4, -0.2) is 46.1 Å². The molecule has 0 spiro atoms. The van der Waals surface area contributed by atoms with E-state index in [2.05, 4.69) is 43.5 Å². The predicted octanol–water partition coefficient (Wildman–Crippen LogP) is 9.81. The van der Waals surface area contributed by atoms with Gasteiger partial charge >= 0.3 is 0 Å². The quantitative estimate of drug-likeness (QED) is 0.0447. The van der Waals surface area contributed by atoms with Gasteiger partial charge < -0.3 is 20.6 Å². The van der Waals surface area contributed by atoms with E-state index in [-0.39, 0.29) is 6.42 Å². The molecule has 0 heterocycles. The summed E-state index contributed by atoms with van der Waals surface area (Å²) in [6.07, 6.45) is 42.9. The maximum Gasteiger partial charge on any atom is 0.249 e. The Bertz CT molecular complexity index is 730. The van der Waals surface area contributed by atoms with E-state index in [9.17, 15) is 20.1 Å². The molecule has 0 saturated heterocycles. The first-order valence-corrected chi connectivity index (χ1v) is 18.5. The highest BCUT2D eigenvalue weighted by atomic mass is 16.3. The maximum absolute atomic E-state index is 12.3. The van der Waals surface area contributed by atoms with Crippen LogP contribution in [0.15, 0.2) is 48.6 Å². The van der Waals surface area contributed by atoms with Crippen LogP contribution in [0.2, 0.25) is 0 Å². The van der Waals surface area contributed by atoms with Crippen LogP contribution in [0.3, 0.4) is 0 Å². The molecule has 5 heteroatoms. The van der Waals surface area contributed by atoms with Gasteiger partial charge in [-0.15, -0.1) is 0 Å². The van der Waals surface area contributed by atoms with E-state index in [4.69, 9.17) is 0 Å². The van der Waals surface area contributed by atoms with Crippen LogP contribution in [0.5, 0.6) is 0 Å². The van der Waals surface area contributed by atoms with Gasteiger partial charge in [0.2, 0.25) is 5.91 Å². The third kappa shape index (κ3) is 29.0. The summed E-state index contributed by atoms with van der Waals surface area (Å²) < 4.78 is 0. The zero-order valence-corrected chi connectivity index (χ0v) is 28.8. The molecule has 0 saturated carbocycles. The highest BCUT2D eigenvalue weighted by Gasteiger charge is 2.22. The number of rotatable bonds is 32. The zero-order chi connectivity index (χ0) is 32.4. The highest BCUT2D eigenvalue weighted by molar-refractivity contribution is 5.81. The molecule has 0 aliphatic rings. The van der Waals surface area contributed by atoms with Crippen molar-refractivity contribution in [3.63, 3.8) is 0 Å². The van der Waals surface area contributed by atoms with E-state index in [1.165, 1.54) is 116 Å². The number of aliphatic hydroxyl groups is 3. The lowest BCUT2D eigenvalue weighted by Gasteiger charge is -2.21. The number of allylic oxidation sites excluding steroid dienone is 6. The first kappa shape index (κ1) is 42.3. The zero-order valence-electron chi connectivity index (χ0n) is 28.8. The number of nitrogens with one attached hydrogen (secondary N) is 1. The monoisotopic (exact) mass is 618 g/mol. The summed E-state index contributed by atoms with van der Waals surface area (Å²) in [5, 5.41) is 32.8.